The minimum atomic E-state index is -0.578. The molecule has 0 atom stereocenters. The van der Waals surface area contributed by atoms with E-state index in [1.807, 2.05) is 0 Å². The van der Waals surface area contributed by atoms with E-state index in [2.05, 4.69) is 260 Å². The van der Waals surface area contributed by atoms with Crippen molar-refractivity contribution in [3.63, 3.8) is 0 Å². The average Bonchev–Trinajstić information content (AvgIpc) is 4.13. The maximum Gasteiger partial charge on any atom is 0.0714 e. The summed E-state index contributed by atoms with van der Waals surface area (Å²) in [6.45, 7) is 18.8. The van der Waals surface area contributed by atoms with Crippen molar-refractivity contribution in [1.82, 2.24) is 0 Å². The van der Waals surface area contributed by atoms with Crippen LogP contribution in [0, 0.1) is 0 Å². The van der Waals surface area contributed by atoms with Crippen LogP contribution in [0.3, 0.4) is 0 Å². The third-order valence-corrected chi connectivity index (χ3v) is 17.6. The van der Waals surface area contributed by atoms with Crippen molar-refractivity contribution >= 4 is 17.1 Å². The summed E-state index contributed by atoms with van der Waals surface area (Å²) in [4.78, 5) is 2.57. The fourth-order valence-corrected chi connectivity index (χ4v) is 14.1. The Morgan fingerprint density at radius 1 is 0.361 bits per heavy atom. The summed E-state index contributed by atoms with van der Waals surface area (Å²) >= 11 is 0. The molecule has 13 rings (SSSR count). The van der Waals surface area contributed by atoms with Gasteiger partial charge in [0.15, 0.2) is 0 Å². The fourth-order valence-electron chi connectivity index (χ4n) is 14.1. The Balaban J connectivity index is 1.05. The summed E-state index contributed by atoms with van der Waals surface area (Å²) in [5.41, 5.74) is 27.2. The number of rotatable bonds is 6. The second kappa shape index (κ2) is 15.9. The van der Waals surface area contributed by atoms with E-state index in [-0.39, 0.29) is 21.7 Å². The Kier molecular flexibility index (Phi) is 9.86. The first-order valence-corrected chi connectivity index (χ1v) is 26.5. The van der Waals surface area contributed by atoms with Crippen LogP contribution in [0.25, 0.3) is 44.5 Å². The lowest BCUT2D eigenvalue weighted by molar-refractivity contribution is 0.550. The molecule has 0 aliphatic heterocycles. The van der Waals surface area contributed by atoms with Gasteiger partial charge in [0.05, 0.1) is 5.41 Å². The highest BCUT2D eigenvalue weighted by molar-refractivity contribution is 5.92. The number of anilines is 3. The summed E-state index contributed by atoms with van der Waals surface area (Å²) in [6, 6.07) is 77.7. The van der Waals surface area contributed by atoms with E-state index in [0.29, 0.717) is 0 Å². The Morgan fingerprint density at radius 3 is 1.40 bits per heavy atom. The topological polar surface area (TPSA) is 3.24 Å². The van der Waals surface area contributed by atoms with E-state index in [4.69, 9.17) is 0 Å². The molecule has 72 heavy (non-hydrogen) atoms. The lowest BCUT2D eigenvalue weighted by Gasteiger charge is -2.37. The predicted octanol–water partition coefficient (Wildman–Crippen LogP) is 18.9. The van der Waals surface area contributed by atoms with Gasteiger partial charge in [-0.3, -0.25) is 0 Å². The molecule has 9 aromatic rings. The second-order valence-electron chi connectivity index (χ2n) is 24.0. The lowest BCUT2D eigenvalue weighted by Crippen LogP contribution is -2.30. The van der Waals surface area contributed by atoms with Gasteiger partial charge in [0.25, 0.3) is 0 Å². The van der Waals surface area contributed by atoms with Crippen LogP contribution in [0.5, 0.6) is 0 Å². The van der Waals surface area contributed by atoms with Crippen LogP contribution < -0.4 is 4.90 Å². The van der Waals surface area contributed by atoms with Gasteiger partial charge in [0.1, 0.15) is 0 Å². The minimum Gasteiger partial charge on any atom is -0.310 e. The standard InChI is InChI=1S/C71H65N/c1-67(2,3)47-20-17-22-49(42-47)71(50-23-18-21-48(43-50)68(4,5)6)63-31-14-11-25-56(63)59-39-37-53(45-65(59)71)72(52-36-38-58-55-24-10-13-30-62(55)70(64(58)44-52)40-15-16-41-70)51-34-32-46(33-35-51)54-27-19-28-60-57-26-9-12-29-61(57)69(7,8)66(54)60/h9-14,17-39,42-45H,15-16,40-41H2,1-8H3. The van der Waals surface area contributed by atoms with E-state index < -0.39 is 5.41 Å². The third-order valence-electron chi connectivity index (χ3n) is 17.6. The van der Waals surface area contributed by atoms with Gasteiger partial charge in [-0.2, -0.15) is 0 Å². The minimum absolute atomic E-state index is 0.0281. The average molecular weight is 932 g/mol. The van der Waals surface area contributed by atoms with Crippen LogP contribution in [0.1, 0.15) is 137 Å². The number of hydrogen-bond donors (Lipinski definition) is 0. The van der Waals surface area contributed by atoms with Gasteiger partial charge in [-0.1, -0.05) is 232 Å². The Morgan fingerprint density at radius 2 is 0.806 bits per heavy atom. The third kappa shape index (κ3) is 6.45. The van der Waals surface area contributed by atoms with Gasteiger partial charge in [-0.15, -0.1) is 0 Å². The zero-order valence-corrected chi connectivity index (χ0v) is 43.3. The molecule has 0 unspecified atom stereocenters. The van der Waals surface area contributed by atoms with Crippen molar-refractivity contribution in [3.8, 4) is 44.5 Å². The second-order valence-corrected chi connectivity index (χ2v) is 24.0. The van der Waals surface area contributed by atoms with E-state index in [1.54, 1.807) is 0 Å². The van der Waals surface area contributed by atoms with Crippen molar-refractivity contribution in [2.75, 3.05) is 4.90 Å². The summed E-state index contributed by atoms with van der Waals surface area (Å²) in [7, 11) is 0. The van der Waals surface area contributed by atoms with Crippen molar-refractivity contribution in [3.05, 3.63) is 256 Å². The molecule has 1 fully saturated rings. The first-order valence-electron chi connectivity index (χ1n) is 26.5. The molecule has 354 valence electrons. The first-order chi connectivity index (χ1) is 34.7. The van der Waals surface area contributed by atoms with Gasteiger partial charge in [0, 0.05) is 27.9 Å². The quantitative estimate of drug-likeness (QED) is 0.161. The van der Waals surface area contributed by atoms with Crippen LogP contribution >= 0.6 is 0 Å². The molecule has 1 spiro atoms. The molecular formula is C71H65N. The zero-order valence-electron chi connectivity index (χ0n) is 43.3. The van der Waals surface area contributed by atoms with Gasteiger partial charge in [0.2, 0.25) is 0 Å². The number of hydrogen-bond acceptors (Lipinski definition) is 1. The molecule has 0 aromatic heterocycles. The summed E-state index contributed by atoms with van der Waals surface area (Å²) in [5, 5.41) is 0. The molecule has 0 N–H and O–H groups in total. The molecule has 9 aromatic carbocycles. The highest BCUT2D eigenvalue weighted by atomic mass is 15.1. The van der Waals surface area contributed by atoms with E-state index in [9.17, 15) is 0 Å². The number of fused-ring (bicyclic) bond motifs is 11. The molecule has 0 saturated heterocycles. The van der Waals surface area contributed by atoms with Gasteiger partial charge < -0.3 is 4.90 Å². The van der Waals surface area contributed by atoms with Crippen molar-refractivity contribution in [1.29, 1.82) is 0 Å². The van der Waals surface area contributed by atoms with Crippen LogP contribution in [0.15, 0.2) is 200 Å². The van der Waals surface area contributed by atoms with E-state index in [0.717, 1.165) is 11.4 Å². The molecule has 0 heterocycles. The monoisotopic (exact) mass is 932 g/mol. The maximum atomic E-state index is 2.58. The molecular weight excluding hydrogens is 867 g/mol. The Labute approximate surface area is 428 Å². The predicted molar refractivity (Wildman–Crippen MR) is 304 cm³/mol. The smallest absolute Gasteiger partial charge is 0.0714 e. The van der Waals surface area contributed by atoms with Crippen molar-refractivity contribution in [2.45, 2.75) is 108 Å². The lowest BCUT2D eigenvalue weighted by atomic mass is 9.66. The summed E-state index contributed by atoms with van der Waals surface area (Å²) in [6.07, 6.45) is 4.90. The van der Waals surface area contributed by atoms with Crippen LogP contribution in [-0.4, -0.2) is 0 Å². The highest BCUT2D eigenvalue weighted by Crippen LogP contribution is 2.60. The Bertz CT molecular complexity index is 3580. The summed E-state index contributed by atoms with van der Waals surface area (Å²) in [5.74, 6) is 0. The molecule has 4 aliphatic rings. The maximum absolute atomic E-state index is 2.58. The Hall–Kier alpha value is -7.22. The fraction of sp³-hybridized carbons (Fsp3) is 0.239. The SMILES string of the molecule is CC(C)(C)c1cccc(C2(c3cccc(C(C)(C)C)c3)c3ccccc3-c3ccc(N(c4ccc(-c5cccc6c5C(C)(C)c5ccccc5-6)cc4)c4ccc5c(c4)C4(CCCC4)c4ccccc4-5)cc32)c1. The normalized spacial score (nSPS) is 16.2. The highest BCUT2D eigenvalue weighted by Gasteiger charge is 2.48. The van der Waals surface area contributed by atoms with Crippen molar-refractivity contribution < 1.29 is 0 Å². The van der Waals surface area contributed by atoms with E-state index in [1.165, 1.54) is 132 Å². The van der Waals surface area contributed by atoms with Crippen molar-refractivity contribution in [2.24, 2.45) is 0 Å². The van der Waals surface area contributed by atoms with Crippen LogP contribution in [0.4, 0.5) is 17.1 Å². The largest absolute Gasteiger partial charge is 0.310 e. The van der Waals surface area contributed by atoms with Gasteiger partial charge >= 0.3 is 0 Å². The number of nitrogens with zero attached hydrogens (tertiary/aromatic N) is 1. The zero-order chi connectivity index (χ0) is 49.4. The molecule has 1 nitrogen and oxygen atoms in total. The molecule has 1 heteroatoms. The molecule has 0 radical (unpaired) electrons. The van der Waals surface area contributed by atoms with Crippen LogP contribution in [-0.2, 0) is 27.1 Å². The van der Waals surface area contributed by atoms with Crippen LogP contribution in [0.2, 0.25) is 0 Å². The number of benzene rings is 9. The van der Waals surface area contributed by atoms with Gasteiger partial charge in [-0.05, 0) is 160 Å². The molecule has 0 amide bonds. The summed E-state index contributed by atoms with van der Waals surface area (Å²) < 4.78 is 0. The van der Waals surface area contributed by atoms with Gasteiger partial charge in [-0.25, -0.2) is 0 Å². The first kappa shape index (κ1) is 44.7. The molecule has 0 bridgehead atoms. The van der Waals surface area contributed by atoms with E-state index >= 15 is 0 Å². The molecule has 4 aliphatic carbocycles. The molecule has 1 saturated carbocycles.